The van der Waals surface area contributed by atoms with Crippen molar-refractivity contribution in [3.8, 4) is 0 Å². The van der Waals surface area contributed by atoms with Crippen molar-refractivity contribution < 1.29 is 24.3 Å². The zero-order valence-corrected chi connectivity index (χ0v) is 22.4. The van der Waals surface area contributed by atoms with Gasteiger partial charge in [0.2, 0.25) is 17.7 Å². The van der Waals surface area contributed by atoms with Crippen LogP contribution >= 0.6 is 0 Å². The highest BCUT2D eigenvalue weighted by molar-refractivity contribution is 5.95. The van der Waals surface area contributed by atoms with Gasteiger partial charge in [0, 0.05) is 29.9 Å². The van der Waals surface area contributed by atoms with Gasteiger partial charge >= 0.3 is 5.97 Å². The highest BCUT2D eigenvalue weighted by atomic mass is 16.4. The van der Waals surface area contributed by atoms with E-state index in [4.69, 9.17) is 5.73 Å². The number of benzene rings is 2. The van der Waals surface area contributed by atoms with E-state index < -0.39 is 47.9 Å². The molecule has 0 saturated heterocycles. The number of carbonyl (C=O) groups excluding carboxylic acids is 3. The number of aromatic nitrogens is 1. The second-order valence-electron chi connectivity index (χ2n) is 9.87. The van der Waals surface area contributed by atoms with Crippen LogP contribution in [-0.4, -0.2) is 57.9 Å². The van der Waals surface area contributed by atoms with Crippen LogP contribution in [0.5, 0.6) is 0 Å². The topological polar surface area (TPSA) is 166 Å². The smallest absolute Gasteiger partial charge is 0.326 e. The van der Waals surface area contributed by atoms with Crippen LogP contribution in [0.3, 0.4) is 0 Å². The van der Waals surface area contributed by atoms with Crippen molar-refractivity contribution in [3.63, 3.8) is 0 Å². The fourth-order valence-electron chi connectivity index (χ4n) is 4.30. The molecule has 3 amide bonds. The molecule has 39 heavy (non-hydrogen) atoms. The summed E-state index contributed by atoms with van der Waals surface area (Å²) < 4.78 is 0. The van der Waals surface area contributed by atoms with Crippen molar-refractivity contribution in [1.82, 2.24) is 20.9 Å². The Kier molecular flexibility index (Phi) is 10.2. The number of fused-ring (bicyclic) bond motifs is 1. The molecule has 208 valence electrons. The van der Waals surface area contributed by atoms with Gasteiger partial charge in [0.1, 0.15) is 18.1 Å². The normalized spacial score (nSPS) is 15.0. The van der Waals surface area contributed by atoms with Crippen LogP contribution in [0.2, 0.25) is 0 Å². The Morgan fingerprint density at radius 2 is 1.44 bits per heavy atom. The number of rotatable bonds is 13. The van der Waals surface area contributed by atoms with Gasteiger partial charge in [-0.05, 0) is 30.0 Å². The molecule has 10 heteroatoms. The van der Waals surface area contributed by atoms with Gasteiger partial charge in [0.15, 0.2) is 0 Å². The van der Waals surface area contributed by atoms with E-state index in [2.05, 4.69) is 20.9 Å². The molecule has 2 aromatic carbocycles. The SMILES string of the molecule is CCC(C)C(NC(=O)C(Cc1c[nH]c2ccccc12)NC(=O)C(Cc1ccccc1)NC(=O)C(C)N)C(=O)O. The van der Waals surface area contributed by atoms with Gasteiger partial charge in [-0.25, -0.2) is 4.79 Å². The molecular weight excluding hydrogens is 498 g/mol. The molecular formula is C29H37N5O5. The van der Waals surface area contributed by atoms with Gasteiger partial charge in [-0.2, -0.15) is 0 Å². The predicted molar refractivity (Wildman–Crippen MR) is 149 cm³/mol. The molecule has 5 unspecified atom stereocenters. The lowest BCUT2D eigenvalue weighted by Crippen LogP contribution is -2.58. The minimum Gasteiger partial charge on any atom is -0.480 e. The number of carbonyl (C=O) groups is 4. The third-order valence-electron chi connectivity index (χ3n) is 6.84. The van der Waals surface area contributed by atoms with E-state index in [1.54, 1.807) is 13.1 Å². The van der Waals surface area contributed by atoms with Crippen molar-refractivity contribution in [2.75, 3.05) is 0 Å². The number of aliphatic carboxylic acids is 1. The third-order valence-corrected chi connectivity index (χ3v) is 6.84. The fourth-order valence-corrected chi connectivity index (χ4v) is 4.30. The molecule has 0 saturated carbocycles. The van der Waals surface area contributed by atoms with Crippen molar-refractivity contribution >= 4 is 34.6 Å². The molecule has 0 aliphatic heterocycles. The van der Waals surface area contributed by atoms with E-state index in [0.29, 0.717) is 6.42 Å². The number of carboxylic acids is 1. The number of nitrogens with two attached hydrogens (primary N) is 1. The first-order valence-electron chi connectivity index (χ1n) is 13.1. The number of amides is 3. The third kappa shape index (κ3) is 7.90. The maximum Gasteiger partial charge on any atom is 0.326 e. The summed E-state index contributed by atoms with van der Waals surface area (Å²) in [5, 5.41) is 18.7. The minimum absolute atomic E-state index is 0.105. The largest absolute Gasteiger partial charge is 0.480 e. The van der Waals surface area contributed by atoms with Crippen molar-refractivity contribution in [1.29, 1.82) is 0 Å². The van der Waals surface area contributed by atoms with E-state index in [0.717, 1.165) is 22.0 Å². The number of hydrogen-bond acceptors (Lipinski definition) is 5. The Morgan fingerprint density at radius 3 is 2.08 bits per heavy atom. The average Bonchev–Trinajstić information content (AvgIpc) is 3.33. The van der Waals surface area contributed by atoms with Crippen LogP contribution in [0.15, 0.2) is 60.8 Å². The number of hydrogen-bond donors (Lipinski definition) is 6. The molecule has 7 N–H and O–H groups in total. The summed E-state index contributed by atoms with van der Waals surface area (Å²) in [7, 11) is 0. The monoisotopic (exact) mass is 535 g/mol. The maximum absolute atomic E-state index is 13.6. The van der Waals surface area contributed by atoms with Crippen LogP contribution in [0.4, 0.5) is 0 Å². The Morgan fingerprint density at radius 1 is 0.846 bits per heavy atom. The van der Waals surface area contributed by atoms with Gasteiger partial charge in [0.25, 0.3) is 0 Å². The average molecular weight is 536 g/mol. The first kappa shape index (κ1) is 29.4. The fraction of sp³-hybridized carbons (Fsp3) is 0.379. The number of aromatic amines is 1. The molecule has 0 fully saturated rings. The van der Waals surface area contributed by atoms with Gasteiger partial charge in [-0.1, -0.05) is 68.8 Å². The first-order valence-corrected chi connectivity index (χ1v) is 13.1. The van der Waals surface area contributed by atoms with Crippen molar-refractivity contribution in [2.45, 2.75) is 64.2 Å². The Balaban J connectivity index is 1.90. The molecule has 1 heterocycles. The summed E-state index contributed by atoms with van der Waals surface area (Å²) in [6, 6.07) is 12.6. The van der Waals surface area contributed by atoms with Crippen molar-refractivity contribution in [2.24, 2.45) is 11.7 Å². The summed E-state index contributed by atoms with van der Waals surface area (Å²) in [6.45, 7) is 5.10. The lowest BCUT2D eigenvalue weighted by molar-refractivity contribution is -0.143. The van der Waals surface area contributed by atoms with E-state index in [9.17, 15) is 24.3 Å². The molecule has 0 aliphatic carbocycles. The van der Waals surface area contributed by atoms with Crippen LogP contribution < -0.4 is 21.7 Å². The molecule has 0 spiro atoms. The molecule has 1 aromatic heterocycles. The summed E-state index contributed by atoms with van der Waals surface area (Å²) >= 11 is 0. The second kappa shape index (κ2) is 13.6. The van der Waals surface area contributed by atoms with Crippen LogP contribution in [0.1, 0.15) is 38.3 Å². The van der Waals surface area contributed by atoms with Gasteiger partial charge < -0.3 is 31.8 Å². The van der Waals surface area contributed by atoms with E-state index >= 15 is 0 Å². The molecule has 0 bridgehead atoms. The second-order valence-corrected chi connectivity index (χ2v) is 9.87. The Hall–Kier alpha value is -4.18. The quantitative estimate of drug-likeness (QED) is 0.195. The zero-order chi connectivity index (χ0) is 28.5. The lowest BCUT2D eigenvalue weighted by Gasteiger charge is -2.26. The molecule has 3 aromatic rings. The van der Waals surface area contributed by atoms with E-state index in [1.165, 1.54) is 6.92 Å². The number of carboxylic acid groups (broad SMARTS) is 1. The van der Waals surface area contributed by atoms with E-state index in [-0.39, 0.29) is 18.8 Å². The summed E-state index contributed by atoms with van der Waals surface area (Å²) in [5.74, 6) is -3.19. The first-order chi connectivity index (χ1) is 18.6. The standard InChI is InChI=1S/C29H37N5O5/c1-4-17(2)25(29(38)39)34-28(37)24(15-20-16-31-22-13-9-8-12-21(20)22)33-27(36)23(32-26(35)18(3)30)14-19-10-6-5-7-11-19/h5-13,16-18,23-25,31H,4,14-15,30H2,1-3H3,(H,32,35)(H,33,36)(H,34,37)(H,38,39). The number of nitrogens with one attached hydrogen (secondary N) is 4. The molecule has 0 aliphatic rings. The molecule has 10 nitrogen and oxygen atoms in total. The Labute approximate surface area is 227 Å². The Bertz CT molecular complexity index is 1290. The van der Waals surface area contributed by atoms with Crippen LogP contribution in [0.25, 0.3) is 10.9 Å². The minimum atomic E-state index is -1.15. The van der Waals surface area contributed by atoms with Gasteiger partial charge in [-0.3, -0.25) is 14.4 Å². The highest BCUT2D eigenvalue weighted by Crippen LogP contribution is 2.20. The van der Waals surface area contributed by atoms with Crippen molar-refractivity contribution in [3.05, 3.63) is 71.9 Å². The zero-order valence-electron chi connectivity index (χ0n) is 22.4. The number of para-hydroxylation sites is 1. The summed E-state index contributed by atoms with van der Waals surface area (Å²) in [4.78, 5) is 54.5. The lowest BCUT2D eigenvalue weighted by atomic mass is 9.97. The van der Waals surface area contributed by atoms with E-state index in [1.807, 2.05) is 61.5 Å². The van der Waals surface area contributed by atoms with Crippen LogP contribution in [0, 0.1) is 5.92 Å². The molecule has 3 rings (SSSR count). The number of H-pyrrole nitrogens is 1. The summed E-state index contributed by atoms with van der Waals surface area (Å²) in [6.07, 6.45) is 2.59. The predicted octanol–water partition coefficient (Wildman–Crippen LogP) is 1.89. The maximum atomic E-state index is 13.6. The van der Waals surface area contributed by atoms with Gasteiger partial charge in [-0.15, -0.1) is 0 Å². The molecule has 0 radical (unpaired) electrons. The summed E-state index contributed by atoms with van der Waals surface area (Å²) in [5.41, 5.74) is 8.18. The highest BCUT2D eigenvalue weighted by Gasteiger charge is 2.32. The van der Waals surface area contributed by atoms with Gasteiger partial charge in [0.05, 0.1) is 6.04 Å². The van der Waals surface area contributed by atoms with Crippen LogP contribution in [-0.2, 0) is 32.0 Å². The molecule has 5 atom stereocenters.